The van der Waals surface area contributed by atoms with E-state index in [9.17, 15) is 13.6 Å². The Kier molecular flexibility index (Phi) is 2.63. The number of aliphatic hydroxyl groups is 1. The van der Waals surface area contributed by atoms with Crippen molar-refractivity contribution >= 4 is 5.91 Å². The molecular weight excluding hydrogens is 216 g/mol. The fourth-order valence-corrected chi connectivity index (χ4v) is 1.46. The number of hydrogen-bond donors (Lipinski definition) is 2. The van der Waals surface area contributed by atoms with Crippen molar-refractivity contribution in [3.63, 3.8) is 0 Å². The molecule has 0 unspecified atom stereocenters. The summed E-state index contributed by atoms with van der Waals surface area (Å²) in [7, 11) is 0. The van der Waals surface area contributed by atoms with Crippen molar-refractivity contribution in [2.75, 3.05) is 6.61 Å². The topological polar surface area (TPSA) is 49.3 Å². The molecule has 5 heteroatoms. The van der Waals surface area contributed by atoms with Gasteiger partial charge in [0.15, 0.2) is 0 Å². The maximum absolute atomic E-state index is 13.2. The van der Waals surface area contributed by atoms with Gasteiger partial charge in [-0.05, 0) is 25.0 Å². The van der Waals surface area contributed by atoms with E-state index >= 15 is 0 Å². The minimum Gasteiger partial charge on any atom is -0.394 e. The van der Waals surface area contributed by atoms with E-state index in [0.29, 0.717) is 18.9 Å². The van der Waals surface area contributed by atoms with E-state index in [1.54, 1.807) is 0 Å². The summed E-state index contributed by atoms with van der Waals surface area (Å²) in [6.07, 6.45) is 1.36. The van der Waals surface area contributed by atoms with Gasteiger partial charge in [0.1, 0.15) is 11.6 Å². The third-order valence-corrected chi connectivity index (χ3v) is 2.71. The van der Waals surface area contributed by atoms with Gasteiger partial charge >= 0.3 is 0 Å². The first-order valence-electron chi connectivity index (χ1n) is 4.95. The predicted octanol–water partition coefficient (Wildman–Crippen LogP) is 1.22. The second-order valence-electron chi connectivity index (χ2n) is 4.02. The van der Waals surface area contributed by atoms with Crippen LogP contribution in [-0.4, -0.2) is 23.2 Å². The summed E-state index contributed by atoms with van der Waals surface area (Å²) in [5.74, 6) is -2.24. The van der Waals surface area contributed by atoms with Crippen molar-refractivity contribution in [1.29, 1.82) is 0 Å². The lowest BCUT2D eigenvalue weighted by atomic mass is 10.1. The molecule has 1 saturated carbocycles. The number of hydrogen-bond acceptors (Lipinski definition) is 2. The number of nitrogens with one attached hydrogen (secondary N) is 1. The molecule has 0 aliphatic heterocycles. The molecule has 1 amide bonds. The molecule has 0 heterocycles. The van der Waals surface area contributed by atoms with Crippen LogP contribution in [0.4, 0.5) is 8.78 Å². The van der Waals surface area contributed by atoms with Gasteiger partial charge in [-0.15, -0.1) is 0 Å². The highest BCUT2D eigenvalue weighted by molar-refractivity contribution is 5.95. The maximum atomic E-state index is 13.2. The van der Waals surface area contributed by atoms with Gasteiger partial charge in [-0.2, -0.15) is 0 Å². The molecule has 0 spiro atoms. The number of amides is 1. The zero-order chi connectivity index (χ0) is 11.8. The summed E-state index contributed by atoms with van der Waals surface area (Å²) in [5, 5.41) is 11.5. The molecule has 0 aromatic heterocycles. The zero-order valence-corrected chi connectivity index (χ0v) is 8.46. The molecule has 0 atom stereocenters. The fourth-order valence-electron chi connectivity index (χ4n) is 1.46. The maximum Gasteiger partial charge on any atom is 0.254 e. The molecule has 2 N–H and O–H groups in total. The van der Waals surface area contributed by atoms with Gasteiger partial charge in [0.05, 0.1) is 17.7 Å². The Labute approximate surface area is 91.1 Å². The quantitative estimate of drug-likeness (QED) is 0.815. The highest BCUT2D eigenvalue weighted by Crippen LogP contribution is 2.34. The zero-order valence-electron chi connectivity index (χ0n) is 8.46. The van der Waals surface area contributed by atoms with Crippen LogP contribution in [0.1, 0.15) is 23.2 Å². The Hall–Kier alpha value is -1.49. The Morgan fingerprint density at radius 2 is 2.12 bits per heavy atom. The second-order valence-corrected chi connectivity index (χ2v) is 4.02. The van der Waals surface area contributed by atoms with E-state index in [-0.39, 0.29) is 12.2 Å². The Bertz CT molecular complexity index is 430. The van der Waals surface area contributed by atoms with Crippen molar-refractivity contribution in [3.8, 4) is 0 Å². The molecular formula is C11H11F2NO2. The minimum atomic E-state index is -0.897. The van der Waals surface area contributed by atoms with Gasteiger partial charge in [-0.25, -0.2) is 8.78 Å². The molecule has 16 heavy (non-hydrogen) atoms. The van der Waals surface area contributed by atoms with Crippen LogP contribution >= 0.6 is 0 Å². The van der Waals surface area contributed by atoms with Crippen molar-refractivity contribution in [2.24, 2.45) is 0 Å². The van der Waals surface area contributed by atoms with Crippen molar-refractivity contribution in [2.45, 2.75) is 18.4 Å². The molecule has 1 fully saturated rings. The predicted molar refractivity (Wildman–Crippen MR) is 52.9 cm³/mol. The molecule has 1 aliphatic carbocycles. The number of carbonyl (C=O) groups is 1. The average Bonchev–Trinajstić information content (AvgIpc) is 2.98. The van der Waals surface area contributed by atoms with Crippen LogP contribution in [0.3, 0.4) is 0 Å². The van der Waals surface area contributed by atoms with Crippen LogP contribution in [-0.2, 0) is 0 Å². The Morgan fingerprint density at radius 1 is 1.44 bits per heavy atom. The molecule has 86 valence electrons. The van der Waals surface area contributed by atoms with Crippen molar-refractivity contribution in [1.82, 2.24) is 5.32 Å². The van der Waals surface area contributed by atoms with Crippen LogP contribution in [0, 0.1) is 11.6 Å². The first-order valence-corrected chi connectivity index (χ1v) is 4.95. The molecule has 1 aliphatic rings. The third kappa shape index (κ3) is 2.04. The Morgan fingerprint density at radius 3 is 2.62 bits per heavy atom. The van der Waals surface area contributed by atoms with Gasteiger partial charge < -0.3 is 10.4 Å². The average molecular weight is 227 g/mol. The molecule has 0 radical (unpaired) electrons. The van der Waals surface area contributed by atoms with E-state index in [4.69, 9.17) is 5.11 Å². The second kappa shape index (κ2) is 3.83. The summed E-state index contributed by atoms with van der Waals surface area (Å²) >= 11 is 0. The summed E-state index contributed by atoms with van der Waals surface area (Å²) in [6.45, 7) is -0.165. The SMILES string of the molecule is O=C(NC1(CO)CC1)c1ccc(F)cc1F. The van der Waals surface area contributed by atoms with E-state index in [0.717, 1.165) is 12.1 Å². The summed E-state index contributed by atoms with van der Waals surface area (Å²) in [6, 6.07) is 2.78. The van der Waals surface area contributed by atoms with Crippen LogP contribution in [0.2, 0.25) is 0 Å². The Balaban J connectivity index is 2.15. The largest absolute Gasteiger partial charge is 0.394 e. The van der Waals surface area contributed by atoms with E-state index in [2.05, 4.69) is 5.32 Å². The van der Waals surface area contributed by atoms with Gasteiger partial charge in [-0.3, -0.25) is 4.79 Å². The van der Waals surface area contributed by atoms with Crippen LogP contribution in [0.15, 0.2) is 18.2 Å². The third-order valence-electron chi connectivity index (χ3n) is 2.71. The molecule has 3 nitrogen and oxygen atoms in total. The van der Waals surface area contributed by atoms with Gasteiger partial charge in [-0.1, -0.05) is 0 Å². The number of benzene rings is 1. The van der Waals surface area contributed by atoms with E-state index in [1.165, 1.54) is 0 Å². The highest BCUT2D eigenvalue weighted by atomic mass is 19.1. The number of aliphatic hydroxyl groups excluding tert-OH is 1. The monoisotopic (exact) mass is 227 g/mol. The molecule has 1 aromatic carbocycles. The van der Waals surface area contributed by atoms with Gasteiger partial charge in [0.25, 0.3) is 5.91 Å². The van der Waals surface area contributed by atoms with Crippen LogP contribution in [0.25, 0.3) is 0 Å². The lowest BCUT2D eigenvalue weighted by Gasteiger charge is -2.14. The molecule has 0 bridgehead atoms. The van der Waals surface area contributed by atoms with E-state index < -0.39 is 23.1 Å². The number of carbonyl (C=O) groups excluding carboxylic acids is 1. The number of halogens is 2. The first kappa shape index (κ1) is 11.0. The van der Waals surface area contributed by atoms with E-state index in [1.807, 2.05) is 0 Å². The lowest BCUT2D eigenvalue weighted by Crippen LogP contribution is -2.39. The number of rotatable bonds is 3. The fraction of sp³-hybridized carbons (Fsp3) is 0.364. The normalized spacial score (nSPS) is 16.9. The molecule has 2 rings (SSSR count). The van der Waals surface area contributed by atoms with Crippen molar-refractivity contribution < 1.29 is 18.7 Å². The molecule has 1 aromatic rings. The minimum absolute atomic E-state index is 0.165. The van der Waals surface area contributed by atoms with Gasteiger partial charge in [0, 0.05) is 6.07 Å². The standard InChI is InChI=1S/C11H11F2NO2/c12-7-1-2-8(9(13)5-7)10(16)14-11(6-15)3-4-11/h1-2,5,15H,3-4,6H2,(H,14,16). The van der Waals surface area contributed by atoms with Gasteiger partial charge in [0.2, 0.25) is 0 Å². The van der Waals surface area contributed by atoms with Crippen LogP contribution < -0.4 is 5.32 Å². The summed E-state index contributed by atoms with van der Waals surface area (Å²) in [5.41, 5.74) is -0.807. The van der Waals surface area contributed by atoms with Crippen molar-refractivity contribution in [3.05, 3.63) is 35.4 Å². The summed E-state index contributed by atoms with van der Waals surface area (Å²) in [4.78, 5) is 11.6. The smallest absolute Gasteiger partial charge is 0.254 e. The highest BCUT2D eigenvalue weighted by Gasteiger charge is 2.43. The lowest BCUT2D eigenvalue weighted by molar-refractivity contribution is 0.0902. The first-order chi connectivity index (χ1) is 7.56. The van der Waals surface area contributed by atoms with Crippen LogP contribution in [0.5, 0.6) is 0 Å². The molecule has 0 saturated heterocycles. The summed E-state index contributed by atoms with van der Waals surface area (Å²) < 4.78 is 25.9.